The molecule has 2 atom stereocenters. The van der Waals surface area contributed by atoms with Gasteiger partial charge in [0.2, 0.25) is 11.1 Å². The minimum Gasteiger partial charge on any atom is -0.325 e. The lowest BCUT2D eigenvalue weighted by Crippen LogP contribution is -2.41. The van der Waals surface area contributed by atoms with Gasteiger partial charge in [-0.15, -0.1) is 10.2 Å². The van der Waals surface area contributed by atoms with Crippen LogP contribution in [0, 0.1) is 13.8 Å². The van der Waals surface area contributed by atoms with Gasteiger partial charge < -0.3 is 10.7 Å². The number of nitrogens with one attached hydrogen (secondary N) is 2. The van der Waals surface area contributed by atoms with Crippen molar-refractivity contribution < 1.29 is 4.79 Å². The molecule has 28 heavy (non-hydrogen) atoms. The molecule has 0 bridgehead atoms. The number of fused-ring (bicyclic) bond motifs is 1. The number of nitrogens with zero attached hydrogens (tertiary/aromatic N) is 3. The van der Waals surface area contributed by atoms with Gasteiger partial charge >= 0.3 is 0 Å². The Bertz CT molecular complexity index is 1040. The van der Waals surface area contributed by atoms with Crippen LogP contribution in [0.3, 0.4) is 0 Å². The summed E-state index contributed by atoms with van der Waals surface area (Å²) in [5.74, 6) is 0.634. The number of amides is 1. The fourth-order valence-electron chi connectivity index (χ4n) is 3.02. The van der Waals surface area contributed by atoms with E-state index in [-0.39, 0.29) is 11.9 Å². The standard InChI is InChI=1S/C19H17BrClN5OS/c1-10-9-14(7-8-15(10)20)22-18(27)17-16(12-3-5-13(21)6-4-12)25-26-11(2)23-24-19(26)28-17/h3-9,16-17,25H,1-2H3,(H,22,27)/t16-,17+/m0/s1. The number of anilines is 1. The lowest BCUT2D eigenvalue weighted by Gasteiger charge is -2.32. The molecule has 1 amide bonds. The van der Waals surface area contributed by atoms with Gasteiger partial charge in [-0.2, -0.15) is 0 Å². The second-order valence-electron chi connectivity index (χ2n) is 6.52. The molecule has 0 aliphatic carbocycles. The van der Waals surface area contributed by atoms with Crippen LogP contribution in [-0.2, 0) is 4.79 Å². The van der Waals surface area contributed by atoms with Gasteiger partial charge in [0.25, 0.3) is 0 Å². The Hall–Kier alpha value is -2.03. The van der Waals surface area contributed by atoms with Crippen LogP contribution in [0.2, 0.25) is 5.02 Å². The molecule has 4 rings (SSSR count). The van der Waals surface area contributed by atoms with Crippen LogP contribution in [0.5, 0.6) is 0 Å². The van der Waals surface area contributed by atoms with Gasteiger partial charge in [0.05, 0.1) is 6.04 Å². The molecule has 0 saturated carbocycles. The van der Waals surface area contributed by atoms with Crippen LogP contribution in [0.15, 0.2) is 52.1 Å². The maximum Gasteiger partial charge on any atom is 0.240 e. The Morgan fingerprint density at radius 2 is 1.96 bits per heavy atom. The highest BCUT2D eigenvalue weighted by atomic mass is 79.9. The van der Waals surface area contributed by atoms with Crippen molar-refractivity contribution in [3.05, 3.63) is 68.9 Å². The second-order valence-corrected chi connectivity index (χ2v) is 8.91. The summed E-state index contributed by atoms with van der Waals surface area (Å²) in [5.41, 5.74) is 6.15. The van der Waals surface area contributed by atoms with Crippen LogP contribution in [0.4, 0.5) is 5.69 Å². The molecule has 6 nitrogen and oxygen atoms in total. The number of aromatic nitrogens is 3. The van der Waals surface area contributed by atoms with Gasteiger partial charge in [0.1, 0.15) is 11.1 Å². The van der Waals surface area contributed by atoms with Gasteiger partial charge in [-0.3, -0.25) is 4.79 Å². The molecule has 144 valence electrons. The highest BCUT2D eigenvalue weighted by Crippen LogP contribution is 2.37. The minimum absolute atomic E-state index is 0.105. The number of rotatable bonds is 3. The normalized spacial score (nSPS) is 18.3. The van der Waals surface area contributed by atoms with E-state index in [1.165, 1.54) is 11.8 Å². The summed E-state index contributed by atoms with van der Waals surface area (Å²) >= 11 is 10.9. The molecule has 1 aliphatic rings. The predicted molar refractivity (Wildman–Crippen MR) is 115 cm³/mol. The number of carbonyl (C=O) groups is 1. The predicted octanol–water partition coefficient (Wildman–Crippen LogP) is 4.71. The maximum atomic E-state index is 13.2. The molecular formula is C19H17BrClN5OS. The van der Waals surface area contributed by atoms with E-state index in [4.69, 9.17) is 11.6 Å². The molecule has 2 heterocycles. The summed E-state index contributed by atoms with van der Waals surface area (Å²) < 4.78 is 2.82. The fourth-order valence-corrected chi connectivity index (χ4v) is 4.51. The topological polar surface area (TPSA) is 71.8 Å². The monoisotopic (exact) mass is 477 g/mol. The van der Waals surface area contributed by atoms with Gasteiger partial charge in [0, 0.05) is 15.2 Å². The van der Waals surface area contributed by atoms with Crippen molar-refractivity contribution in [2.24, 2.45) is 0 Å². The lowest BCUT2D eigenvalue weighted by atomic mass is 10.0. The molecule has 0 saturated heterocycles. The third-order valence-electron chi connectivity index (χ3n) is 4.51. The van der Waals surface area contributed by atoms with Crippen LogP contribution in [-0.4, -0.2) is 26.0 Å². The number of benzene rings is 2. The molecule has 0 fully saturated rings. The number of carbonyl (C=O) groups excluding carboxylic acids is 1. The zero-order valence-electron chi connectivity index (χ0n) is 15.1. The van der Waals surface area contributed by atoms with Crippen molar-refractivity contribution in [1.29, 1.82) is 0 Å². The van der Waals surface area contributed by atoms with Gasteiger partial charge in [-0.25, -0.2) is 4.68 Å². The number of hydrogen-bond acceptors (Lipinski definition) is 5. The molecular weight excluding hydrogens is 462 g/mol. The van der Waals surface area contributed by atoms with Crippen molar-refractivity contribution in [2.75, 3.05) is 10.7 Å². The van der Waals surface area contributed by atoms with E-state index >= 15 is 0 Å². The van der Waals surface area contributed by atoms with Crippen molar-refractivity contribution in [2.45, 2.75) is 30.3 Å². The summed E-state index contributed by atoms with van der Waals surface area (Å²) in [5, 5.41) is 12.2. The molecule has 9 heteroatoms. The minimum atomic E-state index is -0.429. The highest BCUT2D eigenvalue weighted by Gasteiger charge is 2.37. The highest BCUT2D eigenvalue weighted by molar-refractivity contribution is 9.10. The smallest absolute Gasteiger partial charge is 0.240 e. The molecule has 2 aromatic carbocycles. The number of hydrogen-bond donors (Lipinski definition) is 2. The van der Waals surface area contributed by atoms with Crippen molar-refractivity contribution in [3.63, 3.8) is 0 Å². The van der Waals surface area contributed by atoms with Gasteiger partial charge in [-0.05, 0) is 55.3 Å². The van der Waals surface area contributed by atoms with E-state index in [1.807, 2.05) is 61.0 Å². The van der Waals surface area contributed by atoms with Crippen molar-refractivity contribution in [1.82, 2.24) is 14.9 Å². The molecule has 0 spiro atoms. The number of aryl methyl sites for hydroxylation is 2. The van der Waals surface area contributed by atoms with Crippen LogP contribution in [0.25, 0.3) is 0 Å². The Balaban J connectivity index is 1.65. The average molecular weight is 479 g/mol. The summed E-state index contributed by atoms with van der Waals surface area (Å²) in [4.78, 5) is 13.2. The molecule has 0 radical (unpaired) electrons. The maximum absolute atomic E-state index is 13.2. The Morgan fingerprint density at radius 3 is 2.68 bits per heavy atom. The molecule has 2 N–H and O–H groups in total. The first kappa shape index (κ1) is 19.3. The third kappa shape index (κ3) is 3.76. The largest absolute Gasteiger partial charge is 0.325 e. The SMILES string of the molecule is Cc1cc(NC(=O)[C@@H]2Sc3nnc(C)n3N[C@H]2c2ccc(Cl)cc2)ccc1Br. The summed E-state index contributed by atoms with van der Waals surface area (Å²) in [6.07, 6.45) is 0. The summed E-state index contributed by atoms with van der Waals surface area (Å²) in [6, 6.07) is 13.0. The third-order valence-corrected chi connectivity index (χ3v) is 6.87. The molecule has 1 aliphatic heterocycles. The Morgan fingerprint density at radius 1 is 1.21 bits per heavy atom. The first-order valence-electron chi connectivity index (χ1n) is 8.60. The molecule has 3 aromatic rings. The first-order valence-corrected chi connectivity index (χ1v) is 10.6. The van der Waals surface area contributed by atoms with Crippen LogP contribution in [0.1, 0.15) is 23.0 Å². The number of halogens is 2. The van der Waals surface area contributed by atoms with E-state index in [0.29, 0.717) is 10.2 Å². The van der Waals surface area contributed by atoms with Crippen molar-refractivity contribution >= 4 is 50.9 Å². The second kappa shape index (κ2) is 7.77. The zero-order chi connectivity index (χ0) is 19.8. The average Bonchev–Trinajstić information content (AvgIpc) is 3.04. The van der Waals surface area contributed by atoms with Crippen LogP contribution < -0.4 is 10.7 Å². The van der Waals surface area contributed by atoms with E-state index in [2.05, 4.69) is 36.9 Å². The van der Waals surface area contributed by atoms with E-state index in [1.54, 1.807) is 0 Å². The quantitative estimate of drug-likeness (QED) is 0.570. The Kier molecular flexibility index (Phi) is 5.35. The zero-order valence-corrected chi connectivity index (χ0v) is 18.3. The van der Waals surface area contributed by atoms with Gasteiger partial charge in [0.15, 0.2) is 0 Å². The summed E-state index contributed by atoms with van der Waals surface area (Å²) in [6.45, 7) is 3.85. The first-order chi connectivity index (χ1) is 13.4. The van der Waals surface area contributed by atoms with Crippen LogP contribution >= 0.6 is 39.3 Å². The van der Waals surface area contributed by atoms with Crippen molar-refractivity contribution in [3.8, 4) is 0 Å². The summed E-state index contributed by atoms with van der Waals surface area (Å²) in [7, 11) is 0. The molecule has 1 aromatic heterocycles. The van der Waals surface area contributed by atoms with E-state index in [0.717, 1.165) is 27.1 Å². The fraction of sp³-hybridized carbons (Fsp3) is 0.211. The molecule has 0 unspecified atom stereocenters. The van der Waals surface area contributed by atoms with E-state index < -0.39 is 5.25 Å². The Labute approximate surface area is 180 Å². The number of thioether (sulfide) groups is 1. The van der Waals surface area contributed by atoms with E-state index in [9.17, 15) is 4.79 Å². The van der Waals surface area contributed by atoms with Gasteiger partial charge in [-0.1, -0.05) is 51.4 Å². The lowest BCUT2D eigenvalue weighted by molar-refractivity contribution is -0.116.